The minimum Gasteiger partial charge on any atom is -0.394 e. The third-order valence-electron chi connectivity index (χ3n) is 8.62. The summed E-state index contributed by atoms with van der Waals surface area (Å²) in [5.41, 5.74) is -1.76. The van der Waals surface area contributed by atoms with E-state index in [9.17, 15) is 19.5 Å². The minimum absolute atomic E-state index is 0.00395. The van der Waals surface area contributed by atoms with E-state index in [4.69, 9.17) is 4.74 Å². The molecule has 34 heavy (non-hydrogen) atoms. The highest BCUT2D eigenvalue weighted by molar-refractivity contribution is 5.99. The highest BCUT2D eigenvalue weighted by Gasteiger charge is 2.79. The van der Waals surface area contributed by atoms with E-state index in [1.807, 2.05) is 27.7 Å². The Labute approximate surface area is 204 Å². The molecule has 7 atom stereocenters. The van der Waals surface area contributed by atoms with E-state index in [2.05, 4.69) is 17.6 Å². The van der Waals surface area contributed by atoms with Gasteiger partial charge in [0.1, 0.15) is 11.6 Å². The van der Waals surface area contributed by atoms with Gasteiger partial charge < -0.3 is 25.4 Å². The number of amides is 3. The number of hydrogen-bond donors (Lipinski definition) is 3. The molecule has 3 N–H and O–H groups in total. The molecule has 3 amide bonds. The van der Waals surface area contributed by atoms with Crippen molar-refractivity contribution in [3.8, 4) is 0 Å². The zero-order chi connectivity index (χ0) is 25.1. The fourth-order valence-corrected chi connectivity index (χ4v) is 6.57. The maximum atomic E-state index is 14.1. The molecule has 3 saturated heterocycles. The summed E-state index contributed by atoms with van der Waals surface area (Å²) in [6.07, 6.45) is 6.33. The van der Waals surface area contributed by atoms with Crippen molar-refractivity contribution in [2.45, 2.75) is 109 Å². The summed E-state index contributed by atoms with van der Waals surface area (Å²) in [6, 6.07) is -1.33. The van der Waals surface area contributed by atoms with E-state index in [0.29, 0.717) is 32.4 Å². The van der Waals surface area contributed by atoms with Crippen LogP contribution >= 0.6 is 0 Å². The zero-order valence-corrected chi connectivity index (χ0v) is 21.7. The summed E-state index contributed by atoms with van der Waals surface area (Å²) in [5, 5.41) is 16.4. The van der Waals surface area contributed by atoms with Gasteiger partial charge in [-0.25, -0.2) is 0 Å². The van der Waals surface area contributed by atoms with Gasteiger partial charge in [-0.1, -0.05) is 53.9 Å². The number of aliphatic hydroxyl groups excluding tert-OH is 1. The second kappa shape index (κ2) is 10.9. The van der Waals surface area contributed by atoms with Crippen molar-refractivity contribution < 1.29 is 24.2 Å². The highest BCUT2D eigenvalue weighted by Crippen LogP contribution is 2.64. The summed E-state index contributed by atoms with van der Waals surface area (Å²) in [7, 11) is 0. The van der Waals surface area contributed by atoms with Crippen molar-refractivity contribution in [2.24, 2.45) is 17.8 Å². The first-order valence-corrected chi connectivity index (χ1v) is 13.5. The van der Waals surface area contributed by atoms with Crippen LogP contribution < -0.4 is 10.6 Å². The second-order valence-electron chi connectivity index (χ2n) is 10.5. The largest absolute Gasteiger partial charge is 0.394 e. The minimum atomic E-state index is -1.03. The van der Waals surface area contributed by atoms with Gasteiger partial charge in [-0.2, -0.15) is 0 Å². The predicted octanol–water partition coefficient (Wildman–Crippen LogP) is 2.38. The number of rotatable bonds is 13. The van der Waals surface area contributed by atoms with Crippen LogP contribution in [0.5, 0.6) is 0 Å². The average molecular weight is 480 g/mol. The topological polar surface area (TPSA) is 108 Å². The van der Waals surface area contributed by atoms with Gasteiger partial charge in [0.15, 0.2) is 0 Å². The molecule has 0 radical (unpaired) electrons. The summed E-state index contributed by atoms with van der Waals surface area (Å²) in [5.74, 6) is -1.93. The molecule has 0 aliphatic carbocycles. The zero-order valence-electron chi connectivity index (χ0n) is 21.7. The third-order valence-corrected chi connectivity index (χ3v) is 8.62. The predicted molar refractivity (Wildman–Crippen MR) is 130 cm³/mol. The first-order chi connectivity index (χ1) is 16.3. The number of nitrogens with zero attached hydrogens (tertiary/aromatic N) is 1. The quantitative estimate of drug-likeness (QED) is 0.352. The lowest BCUT2D eigenvalue weighted by Crippen LogP contribution is -2.59. The van der Waals surface area contributed by atoms with Crippen LogP contribution in [-0.4, -0.2) is 70.7 Å². The van der Waals surface area contributed by atoms with Gasteiger partial charge in [0.2, 0.25) is 17.7 Å². The molecule has 2 unspecified atom stereocenters. The summed E-state index contributed by atoms with van der Waals surface area (Å²) in [6.45, 7) is 11.0. The molecule has 0 aromatic carbocycles. The van der Waals surface area contributed by atoms with E-state index in [1.165, 1.54) is 0 Å². The Morgan fingerprint density at radius 2 is 1.79 bits per heavy atom. The molecule has 2 bridgehead atoms. The van der Waals surface area contributed by atoms with Gasteiger partial charge in [0.05, 0.1) is 30.1 Å². The Hall–Kier alpha value is -1.67. The number of carbonyl (C=O) groups excluding carboxylic acids is 3. The van der Waals surface area contributed by atoms with Crippen LogP contribution in [0.25, 0.3) is 0 Å². The summed E-state index contributed by atoms with van der Waals surface area (Å²) >= 11 is 0. The lowest BCUT2D eigenvalue weighted by Gasteiger charge is -2.39. The number of unbranched alkanes of at least 4 members (excludes halogenated alkanes) is 2. The van der Waals surface area contributed by atoms with Crippen molar-refractivity contribution in [1.29, 1.82) is 0 Å². The lowest BCUT2D eigenvalue weighted by molar-refractivity contribution is -0.152. The first-order valence-electron chi connectivity index (χ1n) is 13.5. The third kappa shape index (κ3) is 4.25. The number of carbonyl (C=O) groups is 3. The van der Waals surface area contributed by atoms with E-state index in [-0.39, 0.29) is 30.2 Å². The van der Waals surface area contributed by atoms with Gasteiger partial charge in [-0.05, 0) is 38.0 Å². The Balaban J connectivity index is 2.03. The standard InChI is InChI=1S/C26H45N3O5/c1-6-10-11-15-28-23(32)21-26-13-12-25(9-4,34-26)19(22(31)27-14-7-2)20(26)24(33)29(21)18(16-30)17(5)8-3/h17-21,30H,6-16H2,1-5H3,(H,27,31)(H,28,32)/t17-,18-,19+,20-,21?,25-,26?/m0/s1. The molecule has 8 heteroatoms. The Kier molecular flexibility index (Phi) is 8.66. The van der Waals surface area contributed by atoms with Crippen LogP contribution in [-0.2, 0) is 19.1 Å². The molecule has 3 fully saturated rings. The van der Waals surface area contributed by atoms with Crippen molar-refractivity contribution in [2.75, 3.05) is 19.7 Å². The van der Waals surface area contributed by atoms with Crippen molar-refractivity contribution in [1.82, 2.24) is 15.5 Å². The number of aliphatic hydroxyl groups is 1. The maximum Gasteiger partial charge on any atom is 0.245 e. The molecule has 0 saturated carbocycles. The van der Waals surface area contributed by atoms with E-state index in [0.717, 1.165) is 32.1 Å². The molecule has 0 aromatic heterocycles. The molecule has 3 aliphatic heterocycles. The van der Waals surface area contributed by atoms with Gasteiger partial charge >= 0.3 is 0 Å². The lowest BCUT2D eigenvalue weighted by atomic mass is 9.65. The Morgan fingerprint density at radius 1 is 1.09 bits per heavy atom. The average Bonchev–Trinajstić information content (AvgIpc) is 3.44. The molecule has 0 aromatic rings. The van der Waals surface area contributed by atoms with Gasteiger partial charge in [0, 0.05) is 13.1 Å². The molecule has 8 nitrogen and oxygen atoms in total. The van der Waals surface area contributed by atoms with Gasteiger partial charge in [0.25, 0.3) is 0 Å². The Bertz CT molecular complexity index is 761. The Morgan fingerprint density at radius 3 is 2.38 bits per heavy atom. The maximum absolute atomic E-state index is 14.1. The summed E-state index contributed by atoms with van der Waals surface area (Å²) in [4.78, 5) is 42.8. The van der Waals surface area contributed by atoms with Gasteiger partial charge in [-0.3, -0.25) is 14.4 Å². The van der Waals surface area contributed by atoms with Crippen molar-refractivity contribution in [3.05, 3.63) is 0 Å². The SMILES string of the molecule is CCCCCNC(=O)C1N([C@@H](CO)[C@@H](C)CC)C(=O)[C@@H]2[C@H](C(=O)NCCC)[C@]3(CC)CCC12O3. The van der Waals surface area contributed by atoms with Crippen LogP contribution in [0.1, 0.15) is 86.0 Å². The molecule has 3 heterocycles. The van der Waals surface area contributed by atoms with E-state index >= 15 is 0 Å². The molecule has 1 spiro atoms. The van der Waals surface area contributed by atoms with E-state index in [1.54, 1.807) is 4.90 Å². The van der Waals surface area contributed by atoms with Crippen LogP contribution in [0.3, 0.4) is 0 Å². The monoisotopic (exact) mass is 479 g/mol. The number of likely N-dealkylation sites (tertiary alicyclic amines) is 1. The molecular weight excluding hydrogens is 434 g/mol. The van der Waals surface area contributed by atoms with Crippen LogP contribution in [0, 0.1) is 17.8 Å². The molecule has 3 aliphatic rings. The smallest absolute Gasteiger partial charge is 0.245 e. The number of hydrogen-bond acceptors (Lipinski definition) is 5. The van der Waals surface area contributed by atoms with Crippen LogP contribution in [0.4, 0.5) is 0 Å². The fourth-order valence-electron chi connectivity index (χ4n) is 6.57. The number of nitrogens with one attached hydrogen (secondary N) is 2. The molecule has 194 valence electrons. The van der Waals surface area contributed by atoms with Crippen LogP contribution in [0.2, 0.25) is 0 Å². The number of ether oxygens (including phenoxy) is 1. The number of fused-ring (bicyclic) bond motifs is 1. The van der Waals surface area contributed by atoms with Gasteiger partial charge in [-0.15, -0.1) is 0 Å². The highest BCUT2D eigenvalue weighted by atomic mass is 16.5. The molecular formula is C26H45N3O5. The van der Waals surface area contributed by atoms with Crippen molar-refractivity contribution in [3.63, 3.8) is 0 Å². The van der Waals surface area contributed by atoms with Crippen molar-refractivity contribution >= 4 is 17.7 Å². The normalized spacial score (nSPS) is 33.6. The fraction of sp³-hybridized carbons (Fsp3) is 0.885. The summed E-state index contributed by atoms with van der Waals surface area (Å²) < 4.78 is 6.74. The van der Waals surface area contributed by atoms with Crippen LogP contribution in [0.15, 0.2) is 0 Å². The second-order valence-corrected chi connectivity index (χ2v) is 10.5. The first kappa shape index (κ1) is 26.9. The van der Waals surface area contributed by atoms with E-state index < -0.39 is 35.1 Å². The molecule has 3 rings (SSSR count).